The average molecular weight is 278 g/mol. The molecule has 2 fully saturated rings. The highest BCUT2D eigenvalue weighted by atomic mass is 32.1. The lowest BCUT2D eigenvalue weighted by Crippen LogP contribution is -2.43. The second-order valence-electron chi connectivity index (χ2n) is 6.29. The number of fused-ring (bicyclic) bond motifs is 2. The van der Waals surface area contributed by atoms with E-state index < -0.39 is 0 Å². The van der Waals surface area contributed by atoms with Crippen molar-refractivity contribution in [2.24, 2.45) is 5.92 Å². The van der Waals surface area contributed by atoms with Gasteiger partial charge in [0.15, 0.2) is 0 Å². The Morgan fingerprint density at radius 3 is 2.58 bits per heavy atom. The van der Waals surface area contributed by atoms with Gasteiger partial charge >= 0.3 is 0 Å². The van der Waals surface area contributed by atoms with E-state index in [1.807, 2.05) is 11.3 Å². The third-order valence-corrected chi connectivity index (χ3v) is 6.32. The molecule has 2 nitrogen and oxygen atoms in total. The van der Waals surface area contributed by atoms with Crippen LogP contribution in [-0.2, 0) is 0 Å². The summed E-state index contributed by atoms with van der Waals surface area (Å²) in [6, 6.07) is 4.53. The largest absolute Gasteiger partial charge is 0.309 e. The minimum absolute atomic E-state index is 0.585. The third-order valence-electron chi connectivity index (χ3n) is 5.21. The first-order chi connectivity index (χ1) is 9.20. The molecule has 0 amide bonds. The Labute approximate surface area is 121 Å². The molecule has 0 aromatic carbocycles. The topological polar surface area (TPSA) is 15.3 Å². The minimum atomic E-state index is 0.585. The van der Waals surface area contributed by atoms with Crippen LogP contribution in [0.15, 0.2) is 11.4 Å². The summed E-state index contributed by atoms with van der Waals surface area (Å²) in [5.41, 5.74) is 1.47. The minimum Gasteiger partial charge on any atom is -0.309 e. The van der Waals surface area contributed by atoms with Crippen molar-refractivity contribution in [1.82, 2.24) is 10.2 Å². The molecule has 2 aliphatic rings. The summed E-state index contributed by atoms with van der Waals surface area (Å²) in [5, 5.41) is 6.02. The van der Waals surface area contributed by atoms with E-state index in [0.717, 1.165) is 24.5 Å². The predicted octanol–water partition coefficient (Wildman–Crippen LogP) is 3.58. The van der Waals surface area contributed by atoms with Gasteiger partial charge in [-0.25, -0.2) is 0 Å². The van der Waals surface area contributed by atoms with Gasteiger partial charge in [0, 0.05) is 23.0 Å². The fourth-order valence-electron chi connectivity index (χ4n) is 4.12. The van der Waals surface area contributed by atoms with Crippen LogP contribution in [0, 0.1) is 12.8 Å². The molecule has 3 heterocycles. The molecule has 1 aromatic heterocycles. The monoisotopic (exact) mass is 278 g/mol. The van der Waals surface area contributed by atoms with Crippen LogP contribution in [0.4, 0.5) is 0 Å². The summed E-state index contributed by atoms with van der Waals surface area (Å²) in [5.74, 6) is 0.825. The highest BCUT2D eigenvalue weighted by molar-refractivity contribution is 7.10. The van der Waals surface area contributed by atoms with Gasteiger partial charge < -0.3 is 10.2 Å². The molecule has 3 unspecified atom stereocenters. The van der Waals surface area contributed by atoms with E-state index in [1.54, 1.807) is 4.88 Å². The number of thiophene rings is 1. The summed E-state index contributed by atoms with van der Waals surface area (Å²) < 4.78 is 0. The molecule has 0 saturated carbocycles. The molecular formula is C16H26N2S. The van der Waals surface area contributed by atoms with Crippen molar-refractivity contribution < 1.29 is 0 Å². The van der Waals surface area contributed by atoms with Gasteiger partial charge in [0.05, 0.1) is 0 Å². The maximum Gasteiger partial charge on any atom is 0.0447 e. The van der Waals surface area contributed by atoms with Crippen molar-refractivity contribution in [2.75, 3.05) is 13.6 Å². The van der Waals surface area contributed by atoms with E-state index in [9.17, 15) is 0 Å². The Bertz CT molecular complexity index is 414. The molecule has 3 heteroatoms. The molecule has 2 saturated heterocycles. The number of hydrogen-bond acceptors (Lipinski definition) is 3. The van der Waals surface area contributed by atoms with Crippen molar-refractivity contribution in [1.29, 1.82) is 0 Å². The standard InChI is InChI=1S/C16H26N2S/c1-4-17-15(16-11(2)7-8-19-16)12-9-13-5-6-14(10-12)18(13)3/h7-8,12-15,17H,4-6,9-10H2,1-3H3. The molecule has 2 aliphatic heterocycles. The van der Waals surface area contributed by atoms with E-state index in [2.05, 4.69) is 42.6 Å². The van der Waals surface area contributed by atoms with Crippen LogP contribution in [0.3, 0.4) is 0 Å². The number of nitrogens with one attached hydrogen (secondary N) is 1. The molecule has 2 bridgehead atoms. The van der Waals surface area contributed by atoms with Gasteiger partial charge in [-0.1, -0.05) is 6.92 Å². The lowest BCUT2D eigenvalue weighted by Gasteiger charge is -2.40. The Morgan fingerprint density at radius 1 is 1.37 bits per heavy atom. The zero-order valence-electron chi connectivity index (χ0n) is 12.4. The number of aryl methyl sites for hydroxylation is 1. The molecule has 3 atom stereocenters. The Morgan fingerprint density at radius 2 is 2.05 bits per heavy atom. The second-order valence-corrected chi connectivity index (χ2v) is 7.23. The molecule has 1 aromatic rings. The molecule has 0 aliphatic carbocycles. The average Bonchev–Trinajstić information content (AvgIpc) is 2.87. The van der Waals surface area contributed by atoms with Crippen LogP contribution < -0.4 is 5.32 Å². The van der Waals surface area contributed by atoms with Gasteiger partial charge in [0.25, 0.3) is 0 Å². The smallest absolute Gasteiger partial charge is 0.0447 e. The van der Waals surface area contributed by atoms with Gasteiger partial charge in [0.1, 0.15) is 0 Å². The predicted molar refractivity (Wildman–Crippen MR) is 82.8 cm³/mol. The number of piperidine rings is 1. The first-order valence-corrected chi connectivity index (χ1v) is 8.58. The van der Waals surface area contributed by atoms with Crippen molar-refractivity contribution in [3.05, 3.63) is 21.9 Å². The van der Waals surface area contributed by atoms with E-state index in [-0.39, 0.29) is 0 Å². The maximum atomic E-state index is 3.77. The first kappa shape index (κ1) is 13.6. The summed E-state index contributed by atoms with van der Waals surface area (Å²) >= 11 is 1.94. The summed E-state index contributed by atoms with van der Waals surface area (Å²) in [4.78, 5) is 4.22. The van der Waals surface area contributed by atoms with Gasteiger partial charge in [-0.2, -0.15) is 0 Å². The number of rotatable bonds is 4. The molecule has 0 radical (unpaired) electrons. The second kappa shape index (κ2) is 5.55. The lowest BCUT2D eigenvalue weighted by molar-refractivity contribution is 0.113. The Kier molecular flexibility index (Phi) is 3.97. The third kappa shape index (κ3) is 2.48. The van der Waals surface area contributed by atoms with Crippen molar-refractivity contribution >= 4 is 11.3 Å². The van der Waals surface area contributed by atoms with E-state index >= 15 is 0 Å². The van der Waals surface area contributed by atoms with E-state index in [0.29, 0.717) is 6.04 Å². The fourth-order valence-corrected chi connectivity index (χ4v) is 5.22. The zero-order chi connectivity index (χ0) is 13.4. The summed E-state index contributed by atoms with van der Waals surface area (Å²) in [7, 11) is 2.33. The van der Waals surface area contributed by atoms with E-state index in [4.69, 9.17) is 0 Å². The van der Waals surface area contributed by atoms with E-state index in [1.165, 1.54) is 31.2 Å². The zero-order valence-corrected chi connectivity index (χ0v) is 13.2. The van der Waals surface area contributed by atoms with Crippen molar-refractivity contribution in [3.8, 4) is 0 Å². The van der Waals surface area contributed by atoms with Gasteiger partial charge in [0.2, 0.25) is 0 Å². The summed E-state index contributed by atoms with van der Waals surface area (Å²) in [6.45, 7) is 5.57. The molecule has 0 spiro atoms. The fraction of sp³-hybridized carbons (Fsp3) is 0.750. The van der Waals surface area contributed by atoms with Crippen LogP contribution in [-0.4, -0.2) is 30.6 Å². The van der Waals surface area contributed by atoms with Crippen molar-refractivity contribution in [3.63, 3.8) is 0 Å². The van der Waals surface area contributed by atoms with Crippen LogP contribution in [0.5, 0.6) is 0 Å². The van der Waals surface area contributed by atoms with Crippen LogP contribution in [0.2, 0.25) is 0 Å². The van der Waals surface area contributed by atoms with Gasteiger partial charge in [-0.3, -0.25) is 0 Å². The SMILES string of the molecule is CCNC(c1sccc1C)C1CC2CCC(C1)N2C. The molecular weight excluding hydrogens is 252 g/mol. The Hall–Kier alpha value is -0.380. The maximum absolute atomic E-state index is 3.77. The molecule has 3 rings (SSSR count). The molecule has 1 N–H and O–H groups in total. The highest BCUT2D eigenvalue weighted by Gasteiger charge is 2.41. The number of hydrogen-bond donors (Lipinski definition) is 1. The Balaban J connectivity index is 1.80. The molecule has 106 valence electrons. The summed E-state index contributed by atoms with van der Waals surface area (Å²) in [6.07, 6.45) is 5.59. The van der Waals surface area contributed by atoms with Crippen LogP contribution in [0.1, 0.15) is 49.1 Å². The lowest BCUT2D eigenvalue weighted by atomic mass is 9.84. The van der Waals surface area contributed by atoms with Gasteiger partial charge in [-0.05, 0) is 69.1 Å². The highest BCUT2D eigenvalue weighted by Crippen LogP contribution is 2.43. The number of nitrogens with zero attached hydrogens (tertiary/aromatic N) is 1. The van der Waals surface area contributed by atoms with Crippen LogP contribution in [0.25, 0.3) is 0 Å². The van der Waals surface area contributed by atoms with Crippen LogP contribution >= 0.6 is 11.3 Å². The normalized spacial score (nSPS) is 32.7. The quantitative estimate of drug-likeness (QED) is 0.905. The van der Waals surface area contributed by atoms with Crippen molar-refractivity contribution in [2.45, 2.75) is 57.7 Å². The van der Waals surface area contributed by atoms with Gasteiger partial charge in [-0.15, -0.1) is 11.3 Å². The first-order valence-electron chi connectivity index (χ1n) is 7.70. The molecule has 19 heavy (non-hydrogen) atoms.